The van der Waals surface area contributed by atoms with E-state index in [0.29, 0.717) is 13.0 Å². The van der Waals surface area contributed by atoms with Gasteiger partial charge in [0.15, 0.2) is 0 Å². The quantitative estimate of drug-likeness (QED) is 0.712. The molecule has 1 saturated heterocycles. The van der Waals surface area contributed by atoms with E-state index < -0.39 is 12.1 Å². The Morgan fingerprint density at radius 3 is 2.47 bits per heavy atom. The Labute approximate surface area is 191 Å². The fourth-order valence-electron chi connectivity index (χ4n) is 5.63. The van der Waals surface area contributed by atoms with Crippen molar-refractivity contribution < 1.29 is 14.4 Å². The van der Waals surface area contributed by atoms with Crippen LogP contribution in [0.3, 0.4) is 0 Å². The summed E-state index contributed by atoms with van der Waals surface area (Å²) in [5.74, 6) is -0.235. The van der Waals surface area contributed by atoms with Crippen LogP contribution in [0.1, 0.15) is 82.4 Å². The van der Waals surface area contributed by atoms with Crippen molar-refractivity contribution in [1.29, 1.82) is 0 Å². The highest BCUT2D eigenvalue weighted by atomic mass is 16.2. The summed E-state index contributed by atoms with van der Waals surface area (Å²) < 4.78 is 0. The van der Waals surface area contributed by atoms with Crippen molar-refractivity contribution in [2.75, 3.05) is 6.54 Å². The molecule has 2 N–H and O–H groups in total. The summed E-state index contributed by atoms with van der Waals surface area (Å²) in [4.78, 5) is 41.2. The number of nitrogens with zero attached hydrogens (tertiary/aromatic N) is 1. The maximum absolute atomic E-state index is 13.7. The second-order valence-electron chi connectivity index (χ2n) is 10.0. The van der Waals surface area contributed by atoms with Gasteiger partial charge < -0.3 is 15.5 Å². The molecule has 0 unspecified atom stereocenters. The molecular formula is C26H37N3O3. The Kier molecular flexibility index (Phi) is 7.17. The van der Waals surface area contributed by atoms with Crippen LogP contribution in [-0.4, -0.2) is 41.2 Å². The molecule has 3 amide bonds. The normalized spacial score (nSPS) is 24.3. The van der Waals surface area contributed by atoms with Gasteiger partial charge in [0.25, 0.3) is 0 Å². The zero-order chi connectivity index (χ0) is 22.7. The van der Waals surface area contributed by atoms with Crippen molar-refractivity contribution in [3.05, 3.63) is 35.4 Å². The summed E-state index contributed by atoms with van der Waals surface area (Å²) in [7, 11) is 0. The lowest BCUT2D eigenvalue weighted by atomic mass is 9.83. The molecule has 1 aromatic carbocycles. The monoisotopic (exact) mass is 439 g/mol. The minimum atomic E-state index is -0.522. The first kappa shape index (κ1) is 22.8. The number of aryl methyl sites for hydroxylation is 1. The summed E-state index contributed by atoms with van der Waals surface area (Å²) >= 11 is 0. The van der Waals surface area contributed by atoms with Gasteiger partial charge >= 0.3 is 0 Å². The summed E-state index contributed by atoms with van der Waals surface area (Å²) in [6.45, 7) is 4.28. The molecule has 6 nitrogen and oxygen atoms in total. The van der Waals surface area contributed by atoms with E-state index in [1.165, 1.54) is 17.5 Å². The van der Waals surface area contributed by atoms with Crippen molar-refractivity contribution in [3.8, 4) is 0 Å². The molecule has 2 aliphatic carbocycles. The van der Waals surface area contributed by atoms with Crippen molar-refractivity contribution in [1.82, 2.24) is 15.5 Å². The first-order valence-corrected chi connectivity index (χ1v) is 12.4. The maximum Gasteiger partial charge on any atom is 0.246 e. The predicted octanol–water partition coefficient (Wildman–Crippen LogP) is 3.50. The molecule has 6 heteroatoms. The molecule has 3 aliphatic rings. The molecule has 1 aromatic rings. The van der Waals surface area contributed by atoms with Crippen molar-refractivity contribution in [3.63, 3.8) is 0 Å². The fourth-order valence-corrected chi connectivity index (χ4v) is 5.63. The third-order valence-corrected chi connectivity index (χ3v) is 7.50. The van der Waals surface area contributed by atoms with Crippen LogP contribution in [0.25, 0.3) is 0 Å². The standard InChI is InChI=1S/C26H37N3O3/c1-17(2)24(30)28-23(19-10-4-3-5-11-19)26(32)29-16-8-13-22(29)25(31)27-21-15-14-18-9-6-7-12-20(18)21/h6-7,9,12,17,19,21-23H,3-5,8,10-11,13-16H2,1-2H3,(H,27,31)(H,28,30)/t21-,22+,23+/m1/s1. The van der Waals surface area contributed by atoms with E-state index >= 15 is 0 Å². The molecule has 0 bridgehead atoms. The molecule has 32 heavy (non-hydrogen) atoms. The number of carbonyl (C=O) groups excluding carboxylic acids is 3. The average molecular weight is 440 g/mol. The van der Waals surface area contributed by atoms with Crippen LogP contribution in [-0.2, 0) is 20.8 Å². The third-order valence-electron chi connectivity index (χ3n) is 7.50. The maximum atomic E-state index is 13.7. The van der Waals surface area contributed by atoms with Gasteiger partial charge in [-0.3, -0.25) is 14.4 Å². The van der Waals surface area contributed by atoms with Crippen LogP contribution < -0.4 is 10.6 Å². The molecule has 0 aromatic heterocycles. The van der Waals surface area contributed by atoms with Crippen LogP contribution in [0.15, 0.2) is 24.3 Å². The van der Waals surface area contributed by atoms with Gasteiger partial charge in [0, 0.05) is 12.5 Å². The average Bonchev–Trinajstić information content (AvgIpc) is 3.45. The Hall–Kier alpha value is -2.37. The van der Waals surface area contributed by atoms with Crippen LogP contribution in [0.2, 0.25) is 0 Å². The number of hydrogen-bond acceptors (Lipinski definition) is 3. The first-order valence-electron chi connectivity index (χ1n) is 12.4. The van der Waals surface area contributed by atoms with Crippen molar-refractivity contribution in [2.24, 2.45) is 11.8 Å². The van der Waals surface area contributed by atoms with Crippen LogP contribution in [0, 0.1) is 11.8 Å². The molecule has 0 spiro atoms. The Morgan fingerprint density at radius 2 is 1.72 bits per heavy atom. The van der Waals surface area contributed by atoms with E-state index in [1.807, 2.05) is 26.0 Å². The third kappa shape index (κ3) is 4.84. The molecule has 0 radical (unpaired) electrons. The van der Waals surface area contributed by atoms with E-state index in [4.69, 9.17) is 0 Å². The number of hydrogen-bond donors (Lipinski definition) is 2. The van der Waals surface area contributed by atoms with Crippen molar-refractivity contribution >= 4 is 17.7 Å². The second-order valence-corrected chi connectivity index (χ2v) is 10.0. The zero-order valence-electron chi connectivity index (χ0n) is 19.4. The molecule has 174 valence electrons. The molecule has 1 saturated carbocycles. The number of amides is 3. The zero-order valence-corrected chi connectivity index (χ0v) is 19.4. The highest BCUT2D eigenvalue weighted by molar-refractivity contribution is 5.93. The number of fused-ring (bicyclic) bond motifs is 1. The number of carbonyl (C=O) groups is 3. The lowest BCUT2D eigenvalue weighted by Gasteiger charge is -2.35. The number of likely N-dealkylation sites (tertiary alicyclic amines) is 1. The molecular weight excluding hydrogens is 402 g/mol. The molecule has 4 rings (SSSR count). The van der Waals surface area contributed by atoms with Gasteiger partial charge in [-0.25, -0.2) is 0 Å². The minimum Gasteiger partial charge on any atom is -0.347 e. The molecule has 1 aliphatic heterocycles. The van der Waals surface area contributed by atoms with E-state index in [1.54, 1.807) is 4.90 Å². The summed E-state index contributed by atoms with van der Waals surface area (Å²) in [6.07, 6.45) is 8.67. The van der Waals surface area contributed by atoms with E-state index in [9.17, 15) is 14.4 Å². The number of benzene rings is 1. The number of nitrogens with one attached hydrogen (secondary N) is 2. The lowest BCUT2D eigenvalue weighted by molar-refractivity contribution is -0.143. The van der Waals surface area contributed by atoms with Crippen LogP contribution in [0.4, 0.5) is 0 Å². The van der Waals surface area contributed by atoms with E-state index in [2.05, 4.69) is 22.8 Å². The Morgan fingerprint density at radius 1 is 0.969 bits per heavy atom. The Balaban J connectivity index is 1.47. The second kappa shape index (κ2) is 10.1. The van der Waals surface area contributed by atoms with Gasteiger partial charge in [-0.15, -0.1) is 0 Å². The van der Waals surface area contributed by atoms with Gasteiger partial charge in [0.2, 0.25) is 17.7 Å². The highest BCUT2D eigenvalue weighted by Crippen LogP contribution is 2.32. The Bertz CT molecular complexity index is 846. The van der Waals surface area contributed by atoms with Crippen LogP contribution >= 0.6 is 0 Å². The molecule has 2 fully saturated rings. The van der Waals surface area contributed by atoms with Crippen LogP contribution in [0.5, 0.6) is 0 Å². The highest BCUT2D eigenvalue weighted by Gasteiger charge is 2.41. The largest absolute Gasteiger partial charge is 0.347 e. The fraction of sp³-hybridized carbons (Fsp3) is 0.654. The van der Waals surface area contributed by atoms with Gasteiger partial charge in [-0.05, 0) is 55.6 Å². The molecule has 1 heterocycles. The topological polar surface area (TPSA) is 78.5 Å². The van der Waals surface area contributed by atoms with Crippen molar-refractivity contribution in [2.45, 2.75) is 89.8 Å². The van der Waals surface area contributed by atoms with Gasteiger partial charge in [-0.2, -0.15) is 0 Å². The van der Waals surface area contributed by atoms with Gasteiger partial charge in [0.1, 0.15) is 12.1 Å². The van der Waals surface area contributed by atoms with E-state index in [-0.39, 0.29) is 35.6 Å². The van der Waals surface area contributed by atoms with Gasteiger partial charge in [0.05, 0.1) is 6.04 Å². The lowest BCUT2D eigenvalue weighted by Crippen LogP contribution is -2.56. The smallest absolute Gasteiger partial charge is 0.246 e. The number of rotatable bonds is 6. The van der Waals surface area contributed by atoms with Gasteiger partial charge in [-0.1, -0.05) is 57.4 Å². The summed E-state index contributed by atoms with van der Waals surface area (Å²) in [5.41, 5.74) is 2.49. The van der Waals surface area contributed by atoms with E-state index in [0.717, 1.165) is 44.9 Å². The minimum absolute atomic E-state index is 0.0195. The SMILES string of the molecule is CC(C)C(=O)N[C@H](C(=O)N1CCC[C@H]1C(=O)N[C@@H]1CCc2ccccc21)C1CCCCC1. The summed E-state index contributed by atoms with van der Waals surface area (Å²) in [6, 6.07) is 7.32. The molecule has 3 atom stereocenters. The summed E-state index contributed by atoms with van der Waals surface area (Å²) in [5, 5.41) is 6.27. The predicted molar refractivity (Wildman–Crippen MR) is 124 cm³/mol. The first-order chi connectivity index (χ1) is 15.5.